The van der Waals surface area contributed by atoms with Crippen molar-refractivity contribution in [3.8, 4) is 0 Å². The summed E-state index contributed by atoms with van der Waals surface area (Å²) >= 11 is 0.882. The number of aliphatic carboxylic acids is 1. The Balaban J connectivity index is 2.88. The van der Waals surface area contributed by atoms with Crippen molar-refractivity contribution in [1.82, 2.24) is 4.98 Å². The van der Waals surface area contributed by atoms with Crippen LogP contribution < -0.4 is 0 Å². The first-order chi connectivity index (χ1) is 8.86. The second-order valence-corrected chi connectivity index (χ2v) is 4.83. The van der Waals surface area contributed by atoms with Gasteiger partial charge in [-0.15, -0.1) is 11.3 Å². The number of aliphatic hydroxyl groups excluding tert-OH is 2. The van der Waals surface area contributed by atoms with E-state index in [0.717, 1.165) is 11.3 Å². The van der Waals surface area contributed by atoms with Gasteiger partial charge in [-0.05, 0) is 13.8 Å². The Kier molecular flexibility index (Phi) is 5.40. The van der Waals surface area contributed by atoms with Crippen LogP contribution in [0.15, 0.2) is 0 Å². The lowest BCUT2D eigenvalue weighted by molar-refractivity contribution is -0.141. The summed E-state index contributed by atoms with van der Waals surface area (Å²) in [5.41, 5.74) is 0.375. The molecular weight excluding hydrogens is 274 g/mol. The predicted octanol–water partition coefficient (Wildman–Crippen LogP) is 0.497. The Morgan fingerprint density at radius 1 is 1.42 bits per heavy atom. The molecule has 0 aliphatic heterocycles. The van der Waals surface area contributed by atoms with E-state index in [2.05, 4.69) is 4.98 Å². The van der Waals surface area contributed by atoms with E-state index >= 15 is 0 Å². The number of carbonyl (C=O) groups excluding carboxylic acids is 1. The molecule has 8 heteroatoms. The van der Waals surface area contributed by atoms with Crippen molar-refractivity contribution >= 4 is 23.3 Å². The molecule has 0 amide bonds. The molecule has 2 atom stereocenters. The molecule has 0 radical (unpaired) electrons. The van der Waals surface area contributed by atoms with Gasteiger partial charge in [-0.3, -0.25) is 4.79 Å². The van der Waals surface area contributed by atoms with Crippen LogP contribution in [0, 0.1) is 6.92 Å². The van der Waals surface area contributed by atoms with Crippen LogP contribution in [0.4, 0.5) is 0 Å². The Morgan fingerprint density at radius 2 is 2.05 bits per heavy atom. The van der Waals surface area contributed by atoms with Crippen LogP contribution >= 0.6 is 11.3 Å². The van der Waals surface area contributed by atoms with Crippen LogP contribution in [0.5, 0.6) is 0 Å². The lowest BCUT2D eigenvalue weighted by Gasteiger charge is -2.12. The van der Waals surface area contributed by atoms with E-state index < -0.39 is 30.6 Å². The molecule has 3 N–H and O–H groups in total. The van der Waals surface area contributed by atoms with Crippen molar-refractivity contribution in [2.75, 3.05) is 6.61 Å². The fourth-order valence-corrected chi connectivity index (χ4v) is 2.39. The number of carboxylic acid groups (broad SMARTS) is 1. The molecule has 0 aromatic carbocycles. The molecule has 7 nitrogen and oxygen atoms in total. The second kappa shape index (κ2) is 6.60. The maximum atomic E-state index is 11.6. The van der Waals surface area contributed by atoms with E-state index in [4.69, 9.17) is 9.84 Å². The van der Waals surface area contributed by atoms with Gasteiger partial charge in [0.15, 0.2) is 0 Å². The maximum Gasteiger partial charge on any atom is 0.350 e. The highest BCUT2D eigenvalue weighted by molar-refractivity contribution is 7.13. The molecule has 0 bridgehead atoms. The predicted molar refractivity (Wildman–Crippen MR) is 66.0 cm³/mol. The van der Waals surface area contributed by atoms with E-state index in [1.54, 1.807) is 13.8 Å². The number of ether oxygens (including phenoxy) is 1. The molecule has 1 aromatic rings. The van der Waals surface area contributed by atoms with Crippen molar-refractivity contribution in [3.63, 3.8) is 0 Å². The number of aliphatic hydroxyl groups is 2. The van der Waals surface area contributed by atoms with E-state index in [1.165, 1.54) is 0 Å². The number of hydrogen-bond donors (Lipinski definition) is 3. The number of aromatic nitrogens is 1. The van der Waals surface area contributed by atoms with Crippen LogP contribution in [0.1, 0.15) is 39.8 Å². The number of thiazole rings is 1. The topological polar surface area (TPSA) is 117 Å². The Bertz CT molecular complexity index is 472. The lowest BCUT2D eigenvalue weighted by atomic mass is 10.1. The number of esters is 1. The van der Waals surface area contributed by atoms with Crippen molar-refractivity contribution in [2.45, 2.75) is 32.5 Å². The first-order valence-corrected chi connectivity index (χ1v) is 6.40. The van der Waals surface area contributed by atoms with Gasteiger partial charge in [0.1, 0.15) is 16.0 Å². The molecule has 1 rings (SSSR count). The lowest BCUT2D eigenvalue weighted by Crippen LogP contribution is -2.21. The van der Waals surface area contributed by atoms with Gasteiger partial charge in [-0.2, -0.15) is 0 Å². The quantitative estimate of drug-likeness (QED) is 0.653. The van der Waals surface area contributed by atoms with E-state index in [-0.39, 0.29) is 16.5 Å². The van der Waals surface area contributed by atoms with E-state index in [1.807, 2.05) is 0 Å². The zero-order valence-corrected chi connectivity index (χ0v) is 11.3. The van der Waals surface area contributed by atoms with Crippen molar-refractivity contribution in [3.05, 3.63) is 15.6 Å². The molecule has 0 fully saturated rings. The summed E-state index contributed by atoms with van der Waals surface area (Å²) in [5, 5.41) is 27.9. The highest BCUT2D eigenvalue weighted by Gasteiger charge is 2.26. The molecule has 2 unspecified atom stereocenters. The molecule has 106 valence electrons. The summed E-state index contributed by atoms with van der Waals surface area (Å²) in [6, 6.07) is 0. The molecule has 19 heavy (non-hydrogen) atoms. The zero-order valence-electron chi connectivity index (χ0n) is 10.5. The average Bonchev–Trinajstić information content (AvgIpc) is 2.69. The monoisotopic (exact) mass is 289 g/mol. The molecular formula is C11H15NO6S. The van der Waals surface area contributed by atoms with Crippen LogP contribution in [0.2, 0.25) is 0 Å². The van der Waals surface area contributed by atoms with Crippen molar-refractivity contribution in [2.24, 2.45) is 0 Å². The molecule has 0 spiro atoms. The van der Waals surface area contributed by atoms with Crippen LogP contribution in [0.3, 0.4) is 0 Å². The van der Waals surface area contributed by atoms with E-state index in [9.17, 15) is 19.8 Å². The van der Waals surface area contributed by atoms with Crippen LogP contribution in [-0.4, -0.2) is 45.0 Å². The number of nitrogens with zero attached hydrogens (tertiary/aromatic N) is 1. The summed E-state index contributed by atoms with van der Waals surface area (Å²) in [6.45, 7) is 3.46. The minimum atomic E-state index is -1.47. The first kappa shape index (κ1) is 15.5. The van der Waals surface area contributed by atoms with Crippen molar-refractivity contribution < 1.29 is 29.6 Å². The summed E-state index contributed by atoms with van der Waals surface area (Å²) in [6.07, 6.45) is -3.52. The zero-order chi connectivity index (χ0) is 14.6. The molecule has 1 aromatic heterocycles. The average molecular weight is 289 g/mol. The first-order valence-electron chi connectivity index (χ1n) is 5.59. The maximum absolute atomic E-state index is 11.6. The number of carboxylic acids is 1. The van der Waals surface area contributed by atoms with Gasteiger partial charge in [0, 0.05) is 0 Å². The molecule has 0 saturated heterocycles. The highest BCUT2D eigenvalue weighted by Crippen LogP contribution is 2.27. The fraction of sp³-hybridized carbons (Fsp3) is 0.545. The van der Waals surface area contributed by atoms with Gasteiger partial charge < -0.3 is 20.1 Å². The Labute approximate surface area is 113 Å². The van der Waals surface area contributed by atoms with Gasteiger partial charge >= 0.3 is 11.9 Å². The number of hydrogen-bond acceptors (Lipinski definition) is 7. The minimum absolute atomic E-state index is 0.0919. The summed E-state index contributed by atoms with van der Waals surface area (Å²) in [5.74, 6) is -1.78. The Hall–Kier alpha value is -1.51. The van der Waals surface area contributed by atoms with Gasteiger partial charge in [0.25, 0.3) is 0 Å². The third kappa shape index (κ3) is 3.98. The van der Waals surface area contributed by atoms with Crippen molar-refractivity contribution in [1.29, 1.82) is 0 Å². The summed E-state index contributed by atoms with van der Waals surface area (Å²) in [7, 11) is 0. The summed E-state index contributed by atoms with van der Waals surface area (Å²) < 4.78 is 4.82. The molecule has 0 aliphatic rings. The van der Waals surface area contributed by atoms with Gasteiger partial charge in [-0.25, -0.2) is 9.78 Å². The van der Waals surface area contributed by atoms with Gasteiger partial charge in [0.2, 0.25) is 0 Å². The number of rotatable bonds is 6. The largest absolute Gasteiger partial charge is 0.481 e. The summed E-state index contributed by atoms with van der Waals surface area (Å²) in [4.78, 5) is 26.2. The number of carbonyl (C=O) groups is 2. The standard InChI is InChI=1S/C11H15NO6S/c1-3-18-11(17)9-5(2)12-10(19-9)8(16)6(13)4-7(14)15/h6,8,13,16H,3-4H2,1-2H3,(H,14,15). The molecule has 1 heterocycles. The van der Waals surface area contributed by atoms with Crippen LogP contribution in [0.25, 0.3) is 0 Å². The SMILES string of the molecule is CCOC(=O)c1sc(C(O)C(O)CC(=O)O)nc1C. The van der Waals surface area contributed by atoms with Gasteiger partial charge in [0.05, 0.1) is 24.8 Å². The fourth-order valence-electron chi connectivity index (χ4n) is 1.38. The molecule has 0 aliphatic carbocycles. The minimum Gasteiger partial charge on any atom is -0.481 e. The van der Waals surface area contributed by atoms with Crippen LogP contribution in [-0.2, 0) is 9.53 Å². The van der Waals surface area contributed by atoms with E-state index in [0.29, 0.717) is 5.69 Å². The smallest absolute Gasteiger partial charge is 0.350 e. The third-order valence-corrected chi connectivity index (χ3v) is 3.48. The normalized spacial score (nSPS) is 13.9. The third-order valence-electron chi connectivity index (χ3n) is 2.28. The number of aryl methyl sites for hydroxylation is 1. The Morgan fingerprint density at radius 3 is 2.58 bits per heavy atom. The highest BCUT2D eigenvalue weighted by atomic mass is 32.1. The second-order valence-electron chi connectivity index (χ2n) is 3.80. The molecule has 0 saturated carbocycles. The van der Waals surface area contributed by atoms with Gasteiger partial charge in [-0.1, -0.05) is 0 Å².